The van der Waals surface area contributed by atoms with Crippen molar-refractivity contribution in [3.8, 4) is 40.5 Å². The van der Waals surface area contributed by atoms with Gasteiger partial charge in [-0.25, -0.2) is 0 Å². The van der Waals surface area contributed by atoms with E-state index in [2.05, 4.69) is 4.98 Å². The molecule has 0 saturated heterocycles. The van der Waals surface area contributed by atoms with Gasteiger partial charge in [0.15, 0.2) is 11.5 Å². The Balaban J connectivity index is 2.95. The summed E-state index contributed by atoms with van der Waals surface area (Å²) in [5.41, 5.74) is 5.28. The maximum atomic E-state index is 12.0. The molecule has 3 N–H and O–H groups in total. The average Bonchev–Trinajstić information content (AvgIpc) is 2.59. The van der Waals surface area contributed by atoms with Crippen molar-refractivity contribution < 1.29 is 14.2 Å². The first-order valence-electron chi connectivity index (χ1n) is 6.68. The van der Waals surface area contributed by atoms with Crippen LogP contribution in [0.3, 0.4) is 0 Å². The lowest BCUT2D eigenvalue weighted by molar-refractivity contribution is 0.324. The molecule has 0 unspecified atom stereocenters. The lowest BCUT2D eigenvalue weighted by atomic mass is 9.96. The van der Waals surface area contributed by atoms with Gasteiger partial charge >= 0.3 is 0 Å². The number of hydrogen-bond donors (Lipinski definition) is 2. The van der Waals surface area contributed by atoms with E-state index in [0.29, 0.717) is 22.8 Å². The second-order valence-electron chi connectivity index (χ2n) is 4.63. The number of nitrogens with one attached hydrogen (secondary N) is 1. The first-order valence-corrected chi connectivity index (χ1v) is 6.68. The van der Waals surface area contributed by atoms with Crippen molar-refractivity contribution in [2.75, 3.05) is 27.1 Å². The maximum absolute atomic E-state index is 12.0. The summed E-state index contributed by atoms with van der Waals surface area (Å²) in [6, 6.07) is 6.79. The van der Waals surface area contributed by atoms with E-state index in [-0.39, 0.29) is 22.5 Å². The molecule has 0 fully saturated rings. The van der Waals surface area contributed by atoms with Crippen molar-refractivity contribution in [3.63, 3.8) is 0 Å². The molecular weight excluding hydrogens is 312 g/mol. The number of ether oxygens (including phenoxy) is 3. The normalized spacial score (nSPS) is 9.71. The van der Waals surface area contributed by atoms with Gasteiger partial charge in [0.1, 0.15) is 29.1 Å². The molecule has 1 heterocycles. The summed E-state index contributed by atoms with van der Waals surface area (Å²) in [5, 5.41) is 18.7. The average molecular weight is 326 g/mol. The lowest BCUT2D eigenvalue weighted by Gasteiger charge is -2.15. The van der Waals surface area contributed by atoms with Crippen LogP contribution in [0.25, 0.3) is 11.1 Å². The number of methoxy groups -OCH3 is 3. The SMILES string of the molecule is COc1cc(-c2c(C#N)c(N)[nH]c(=O)c2C#N)cc(OC)c1OC. The second kappa shape index (κ2) is 6.63. The zero-order valence-electron chi connectivity index (χ0n) is 13.3. The van der Waals surface area contributed by atoms with Gasteiger partial charge in [-0.1, -0.05) is 0 Å². The van der Waals surface area contributed by atoms with Crippen LogP contribution in [-0.2, 0) is 0 Å². The number of rotatable bonds is 4. The van der Waals surface area contributed by atoms with Crippen molar-refractivity contribution in [2.24, 2.45) is 0 Å². The van der Waals surface area contributed by atoms with Gasteiger partial charge in [-0.15, -0.1) is 0 Å². The van der Waals surface area contributed by atoms with Crippen molar-refractivity contribution in [3.05, 3.63) is 33.6 Å². The van der Waals surface area contributed by atoms with Gasteiger partial charge in [-0.05, 0) is 17.7 Å². The largest absolute Gasteiger partial charge is 0.493 e. The van der Waals surface area contributed by atoms with Crippen molar-refractivity contribution in [1.29, 1.82) is 10.5 Å². The highest BCUT2D eigenvalue weighted by molar-refractivity contribution is 5.82. The summed E-state index contributed by atoms with van der Waals surface area (Å²) in [7, 11) is 4.32. The Morgan fingerprint density at radius 2 is 1.54 bits per heavy atom. The first-order chi connectivity index (χ1) is 11.5. The molecule has 24 heavy (non-hydrogen) atoms. The summed E-state index contributed by atoms with van der Waals surface area (Å²) in [6.07, 6.45) is 0. The smallest absolute Gasteiger partial charge is 0.268 e. The molecule has 0 spiro atoms. The number of nitriles is 2. The Hall–Kier alpha value is -3.65. The van der Waals surface area contributed by atoms with Gasteiger partial charge < -0.3 is 24.9 Å². The number of anilines is 1. The molecule has 8 nitrogen and oxygen atoms in total. The second-order valence-corrected chi connectivity index (χ2v) is 4.63. The molecule has 122 valence electrons. The third-order valence-electron chi connectivity index (χ3n) is 3.42. The van der Waals surface area contributed by atoms with E-state index in [1.165, 1.54) is 33.5 Å². The molecule has 0 radical (unpaired) electrons. The predicted molar refractivity (Wildman–Crippen MR) is 86.0 cm³/mol. The highest BCUT2D eigenvalue weighted by Crippen LogP contribution is 2.42. The van der Waals surface area contributed by atoms with E-state index in [1.807, 2.05) is 6.07 Å². The van der Waals surface area contributed by atoms with Crippen molar-refractivity contribution in [2.45, 2.75) is 0 Å². The van der Waals surface area contributed by atoms with Crippen LogP contribution in [0, 0.1) is 22.7 Å². The van der Waals surface area contributed by atoms with E-state index >= 15 is 0 Å². The van der Waals surface area contributed by atoms with Gasteiger partial charge in [0, 0.05) is 5.56 Å². The van der Waals surface area contributed by atoms with Crippen LogP contribution in [0.15, 0.2) is 16.9 Å². The maximum Gasteiger partial charge on any atom is 0.268 e. The summed E-state index contributed by atoms with van der Waals surface area (Å²) in [6.45, 7) is 0. The van der Waals surface area contributed by atoms with E-state index in [4.69, 9.17) is 19.9 Å². The standard InChI is InChI=1S/C16H14N4O4/c1-22-11-4-8(5-12(23-2)14(11)24-3)13-9(6-17)15(19)20-16(21)10(13)7-18/h4-5H,1-3H3,(H3,19,20,21). The van der Waals surface area contributed by atoms with Gasteiger partial charge in [0.25, 0.3) is 5.56 Å². The molecule has 0 atom stereocenters. The third-order valence-corrected chi connectivity index (χ3v) is 3.42. The fraction of sp³-hybridized carbons (Fsp3) is 0.188. The van der Waals surface area contributed by atoms with E-state index in [9.17, 15) is 15.3 Å². The van der Waals surface area contributed by atoms with E-state index in [0.717, 1.165) is 0 Å². The minimum atomic E-state index is -0.683. The quantitative estimate of drug-likeness (QED) is 0.867. The molecule has 2 aromatic rings. The fourth-order valence-corrected chi connectivity index (χ4v) is 2.36. The number of aromatic amines is 1. The highest BCUT2D eigenvalue weighted by Gasteiger charge is 2.21. The zero-order valence-corrected chi connectivity index (χ0v) is 13.3. The van der Waals surface area contributed by atoms with E-state index in [1.54, 1.807) is 6.07 Å². The van der Waals surface area contributed by atoms with Crippen LogP contribution >= 0.6 is 0 Å². The third kappa shape index (κ3) is 2.57. The van der Waals surface area contributed by atoms with Gasteiger partial charge in [0.05, 0.1) is 21.3 Å². The topological polar surface area (TPSA) is 134 Å². The molecule has 2 rings (SSSR count). The minimum Gasteiger partial charge on any atom is -0.493 e. The fourth-order valence-electron chi connectivity index (χ4n) is 2.36. The molecule has 0 aliphatic heterocycles. The van der Waals surface area contributed by atoms with Gasteiger partial charge in [0.2, 0.25) is 5.75 Å². The highest BCUT2D eigenvalue weighted by atomic mass is 16.5. The molecule has 1 aromatic carbocycles. The lowest BCUT2D eigenvalue weighted by Crippen LogP contribution is -2.16. The molecule has 8 heteroatoms. The van der Waals surface area contributed by atoms with Crippen LogP contribution in [-0.4, -0.2) is 26.3 Å². The number of aromatic nitrogens is 1. The minimum absolute atomic E-state index is 0.0135. The number of hydrogen-bond acceptors (Lipinski definition) is 7. The monoisotopic (exact) mass is 326 g/mol. The van der Waals surface area contributed by atoms with Gasteiger partial charge in [-0.3, -0.25) is 4.79 Å². The van der Waals surface area contributed by atoms with Gasteiger partial charge in [-0.2, -0.15) is 10.5 Å². The number of nitrogen functional groups attached to an aromatic ring is 1. The number of pyridine rings is 1. The summed E-state index contributed by atoms with van der Waals surface area (Å²) >= 11 is 0. The molecule has 0 amide bonds. The molecular formula is C16H14N4O4. The summed E-state index contributed by atoms with van der Waals surface area (Å²) < 4.78 is 15.8. The number of H-pyrrole nitrogens is 1. The van der Waals surface area contributed by atoms with Crippen molar-refractivity contribution >= 4 is 5.82 Å². The van der Waals surface area contributed by atoms with E-state index < -0.39 is 5.56 Å². The summed E-state index contributed by atoms with van der Waals surface area (Å²) in [5.74, 6) is 0.862. The number of nitrogens with two attached hydrogens (primary N) is 1. The zero-order chi connectivity index (χ0) is 17.9. The van der Waals surface area contributed by atoms with Crippen LogP contribution in [0.2, 0.25) is 0 Å². The molecule has 0 bridgehead atoms. The molecule has 1 aromatic heterocycles. The van der Waals surface area contributed by atoms with Crippen LogP contribution < -0.4 is 25.5 Å². The van der Waals surface area contributed by atoms with Crippen LogP contribution in [0.1, 0.15) is 11.1 Å². The Bertz CT molecular complexity index is 910. The molecule has 0 aliphatic rings. The Morgan fingerprint density at radius 1 is 1.00 bits per heavy atom. The Labute approximate surface area is 137 Å². The van der Waals surface area contributed by atoms with Crippen LogP contribution in [0.5, 0.6) is 17.2 Å². The van der Waals surface area contributed by atoms with Crippen molar-refractivity contribution in [1.82, 2.24) is 4.98 Å². The molecule has 0 saturated carbocycles. The number of nitrogens with zero attached hydrogens (tertiary/aromatic N) is 2. The summed E-state index contributed by atoms with van der Waals surface area (Å²) in [4.78, 5) is 14.3. The number of benzene rings is 1. The molecule has 0 aliphatic carbocycles. The predicted octanol–water partition coefficient (Wildman–Crippen LogP) is 1.39. The Morgan fingerprint density at radius 3 is 1.96 bits per heavy atom. The van der Waals surface area contributed by atoms with Crippen LogP contribution in [0.4, 0.5) is 5.82 Å². The first kappa shape index (κ1) is 16.7. The Kier molecular flexibility index (Phi) is 4.62.